The molecule has 0 aliphatic heterocycles. The summed E-state index contributed by atoms with van der Waals surface area (Å²) in [6.45, 7) is 2.16. The summed E-state index contributed by atoms with van der Waals surface area (Å²) in [5.74, 6) is 2.53. The molecule has 3 rings (SSSR count). The molecule has 0 aromatic carbocycles. The summed E-state index contributed by atoms with van der Waals surface area (Å²) in [5.41, 5.74) is -0.635. The lowest BCUT2D eigenvalue weighted by molar-refractivity contribution is 0.111. The Labute approximate surface area is 130 Å². The van der Waals surface area contributed by atoms with Crippen LogP contribution < -0.4 is 10.4 Å². The van der Waals surface area contributed by atoms with Gasteiger partial charge in [0.15, 0.2) is 6.29 Å². The number of ether oxygens (including phenoxy) is 1. The quantitative estimate of drug-likeness (QED) is 0.633. The summed E-state index contributed by atoms with van der Waals surface area (Å²) in [6, 6.07) is 1.73. The third kappa shape index (κ3) is 2.51. The molecule has 1 heterocycles. The Morgan fingerprint density at radius 3 is 2.77 bits per heavy atom. The predicted molar refractivity (Wildman–Crippen MR) is 83.4 cm³/mol. The second-order valence-corrected chi connectivity index (χ2v) is 6.42. The van der Waals surface area contributed by atoms with Gasteiger partial charge in [-0.15, -0.1) is 0 Å². The number of allylic oxidation sites excluding steroid dienone is 2. The van der Waals surface area contributed by atoms with Gasteiger partial charge < -0.3 is 9.15 Å². The van der Waals surface area contributed by atoms with Crippen LogP contribution in [0, 0.1) is 17.8 Å². The van der Waals surface area contributed by atoms with Crippen molar-refractivity contribution in [1.29, 1.82) is 0 Å². The van der Waals surface area contributed by atoms with Crippen molar-refractivity contribution in [2.45, 2.75) is 38.5 Å². The molecule has 1 fully saturated rings. The van der Waals surface area contributed by atoms with Gasteiger partial charge in [0.05, 0.1) is 7.11 Å². The standard InChI is InChI=1S/C18H22O4/c1-11-7-8-12-5-3-4-6-13(12)17(11)16-9-15(21-2)14(10-19)18(20)22-16/h7-13,17H,3-6H2,1-2H3/t11-,12-,13-,17+/m0/s1. The van der Waals surface area contributed by atoms with Crippen LogP contribution in [-0.4, -0.2) is 13.4 Å². The Morgan fingerprint density at radius 2 is 2.05 bits per heavy atom. The van der Waals surface area contributed by atoms with Crippen molar-refractivity contribution in [2.24, 2.45) is 17.8 Å². The minimum absolute atomic E-state index is 0.0366. The third-order valence-corrected chi connectivity index (χ3v) is 5.20. The largest absolute Gasteiger partial charge is 0.496 e. The summed E-state index contributed by atoms with van der Waals surface area (Å²) >= 11 is 0. The van der Waals surface area contributed by atoms with E-state index in [9.17, 15) is 9.59 Å². The highest BCUT2D eigenvalue weighted by Gasteiger charge is 2.38. The normalized spacial score (nSPS) is 30.6. The average Bonchev–Trinajstić information content (AvgIpc) is 2.53. The molecule has 1 saturated carbocycles. The van der Waals surface area contributed by atoms with E-state index in [0.717, 1.165) is 6.42 Å². The first-order chi connectivity index (χ1) is 10.7. The number of hydrogen-bond donors (Lipinski definition) is 0. The number of rotatable bonds is 3. The number of carbonyl (C=O) groups is 1. The van der Waals surface area contributed by atoms with Crippen molar-refractivity contribution >= 4 is 6.29 Å². The van der Waals surface area contributed by atoms with E-state index in [1.54, 1.807) is 6.07 Å². The van der Waals surface area contributed by atoms with Gasteiger partial charge in [-0.05, 0) is 30.6 Å². The Bertz CT molecular complexity index is 643. The maximum Gasteiger partial charge on any atom is 0.350 e. The zero-order valence-corrected chi connectivity index (χ0v) is 13.1. The van der Waals surface area contributed by atoms with Gasteiger partial charge in [0.25, 0.3) is 0 Å². The van der Waals surface area contributed by atoms with Crippen LogP contribution in [0.5, 0.6) is 5.75 Å². The number of hydrogen-bond acceptors (Lipinski definition) is 4. The molecule has 22 heavy (non-hydrogen) atoms. The molecule has 0 radical (unpaired) electrons. The fourth-order valence-corrected chi connectivity index (χ4v) is 4.11. The van der Waals surface area contributed by atoms with Crippen LogP contribution in [0.2, 0.25) is 0 Å². The highest BCUT2D eigenvalue weighted by molar-refractivity contribution is 5.78. The first-order valence-corrected chi connectivity index (χ1v) is 8.01. The highest BCUT2D eigenvalue weighted by Crippen LogP contribution is 2.48. The van der Waals surface area contributed by atoms with Crippen molar-refractivity contribution in [3.05, 3.63) is 40.0 Å². The van der Waals surface area contributed by atoms with Crippen molar-refractivity contribution in [3.8, 4) is 5.75 Å². The van der Waals surface area contributed by atoms with Gasteiger partial charge in [-0.3, -0.25) is 4.79 Å². The molecule has 4 nitrogen and oxygen atoms in total. The first kappa shape index (κ1) is 15.1. The van der Waals surface area contributed by atoms with Crippen LogP contribution in [-0.2, 0) is 0 Å². The molecule has 118 valence electrons. The van der Waals surface area contributed by atoms with Crippen LogP contribution >= 0.6 is 0 Å². The van der Waals surface area contributed by atoms with Gasteiger partial charge in [-0.2, -0.15) is 0 Å². The fourth-order valence-electron chi connectivity index (χ4n) is 4.11. The number of carbonyl (C=O) groups excluding carboxylic acids is 1. The number of aldehydes is 1. The summed E-state index contributed by atoms with van der Waals surface area (Å²) < 4.78 is 10.7. The van der Waals surface area contributed by atoms with E-state index < -0.39 is 5.63 Å². The topological polar surface area (TPSA) is 56.5 Å². The fraction of sp³-hybridized carbons (Fsp3) is 0.556. The third-order valence-electron chi connectivity index (χ3n) is 5.20. The Balaban J connectivity index is 2.05. The molecule has 2 aliphatic carbocycles. The smallest absolute Gasteiger partial charge is 0.350 e. The molecular formula is C18H22O4. The van der Waals surface area contributed by atoms with Crippen molar-refractivity contribution in [2.75, 3.05) is 7.11 Å². The van der Waals surface area contributed by atoms with E-state index in [4.69, 9.17) is 9.15 Å². The van der Waals surface area contributed by atoms with Crippen LogP contribution in [0.15, 0.2) is 27.4 Å². The summed E-state index contributed by atoms with van der Waals surface area (Å²) in [7, 11) is 1.47. The second kappa shape index (κ2) is 6.11. The highest BCUT2D eigenvalue weighted by atomic mass is 16.5. The van der Waals surface area contributed by atoms with Crippen LogP contribution in [0.25, 0.3) is 0 Å². The Morgan fingerprint density at radius 1 is 1.27 bits per heavy atom. The monoisotopic (exact) mass is 302 g/mol. The van der Waals surface area contributed by atoms with Crippen LogP contribution in [0.4, 0.5) is 0 Å². The van der Waals surface area contributed by atoms with Gasteiger partial charge in [0.1, 0.15) is 17.1 Å². The van der Waals surface area contributed by atoms with E-state index in [-0.39, 0.29) is 11.5 Å². The van der Waals surface area contributed by atoms with Crippen LogP contribution in [0.3, 0.4) is 0 Å². The molecule has 4 atom stereocenters. The number of methoxy groups -OCH3 is 1. The average molecular weight is 302 g/mol. The Kier molecular flexibility index (Phi) is 4.19. The number of fused-ring (bicyclic) bond motifs is 1. The molecule has 0 unspecified atom stereocenters. The van der Waals surface area contributed by atoms with Gasteiger partial charge in [0, 0.05) is 12.0 Å². The molecule has 2 aliphatic rings. The lowest BCUT2D eigenvalue weighted by Crippen LogP contribution is -2.31. The van der Waals surface area contributed by atoms with E-state index in [1.807, 2.05) is 0 Å². The van der Waals surface area contributed by atoms with Gasteiger partial charge in [-0.1, -0.05) is 31.9 Å². The van der Waals surface area contributed by atoms with Gasteiger partial charge >= 0.3 is 5.63 Å². The van der Waals surface area contributed by atoms with E-state index in [1.165, 1.54) is 26.4 Å². The molecule has 1 aromatic heterocycles. The SMILES string of the molecule is COc1cc([C@H]2[C@H]3CCCC[C@H]3C=C[C@@H]2C)oc(=O)c1C=O. The molecule has 0 bridgehead atoms. The van der Waals surface area contributed by atoms with Crippen molar-refractivity contribution in [1.82, 2.24) is 0 Å². The minimum atomic E-state index is -0.599. The molecular weight excluding hydrogens is 280 g/mol. The maximum absolute atomic E-state index is 12.1. The molecule has 0 amide bonds. The summed E-state index contributed by atoms with van der Waals surface area (Å²) in [5, 5.41) is 0. The molecule has 0 saturated heterocycles. The molecule has 0 N–H and O–H groups in total. The zero-order chi connectivity index (χ0) is 15.7. The van der Waals surface area contributed by atoms with Crippen LogP contribution in [0.1, 0.15) is 54.6 Å². The zero-order valence-electron chi connectivity index (χ0n) is 13.1. The first-order valence-electron chi connectivity index (χ1n) is 8.01. The van der Waals surface area contributed by atoms with E-state index >= 15 is 0 Å². The molecule has 0 spiro atoms. The lowest BCUT2D eigenvalue weighted by atomic mass is 9.64. The Hall–Kier alpha value is -1.84. The minimum Gasteiger partial charge on any atom is -0.496 e. The molecule has 4 heteroatoms. The predicted octanol–water partition coefficient (Wildman–Crippen LogP) is 3.56. The van der Waals surface area contributed by atoms with Crippen molar-refractivity contribution in [3.63, 3.8) is 0 Å². The van der Waals surface area contributed by atoms with Gasteiger partial charge in [-0.25, -0.2) is 4.79 Å². The maximum atomic E-state index is 12.1. The van der Waals surface area contributed by atoms with Gasteiger partial charge in [0.2, 0.25) is 0 Å². The van der Waals surface area contributed by atoms with Crippen molar-refractivity contribution < 1.29 is 13.9 Å². The van der Waals surface area contributed by atoms with E-state index in [2.05, 4.69) is 19.1 Å². The summed E-state index contributed by atoms with van der Waals surface area (Å²) in [6.07, 6.45) is 9.93. The lowest BCUT2D eigenvalue weighted by Gasteiger charge is -2.40. The second-order valence-electron chi connectivity index (χ2n) is 6.42. The van der Waals surface area contributed by atoms with E-state index in [0.29, 0.717) is 35.5 Å². The summed E-state index contributed by atoms with van der Waals surface area (Å²) in [4.78, 5) is 23.1. The molecule has 1 aromatic rings.